The van der Waals surface area contributed by atoms with Crippen LogP contribution < -0.4 is 9.47 Å². The molecule has 0 aromatic heterocycles. The summed E-state index contributed by atoms with van der Waals surface area (Å²) in [7, 11) is 3.11. The summed E-state index contributed by atoms with van der Waals surface area (Å²) in [4.78, 5) is 24.1. The number of rotatable bonds is 6. The van der Waals surface area contributed by atoms with Gasteiger partial charge in [0.2, 0.25) is 5.78 Å². The van der Waals surface area contributed by atoms with Gasteiger partial charge in [-0.2, -0.15) is 0 Å². The highest BCUT2D eigenvalue weighted by atomic mass is 16.5. The lowest BCUT2D eigenvalue weighted by Crippen LogP contribution is -2.18. The van der Waals surface area contributed by atoms with Crippen LogP contribution in [0.4, 0.5) is 0 Å². The second kappa shape index (κ2) is 7.45. The van der Waals surface area contributed by atoms with Gasteiger partial charge in [0.05, 0.1) is 14.2 Å². The molecule has 0 aliphatic rings. The zero-order valence-electron chi connectivity index (χ0n) is 13.2. The Kier molecular flexibility index (Phi) is 5.36. The molecule has 0 radical (unpaired) electrons. The van der Waals surface area contributed by atoms with E-state index in [1.54, 1.807) is 62.8 Å². The van der Waals surface area contributed by atoms with Crippen LogP contribution in [0.3, 0.4) is 0 Å². The summed E-state index contributed by atoms with van der Waals surface area (Å²) in [6, 6.07) is 13.5. The lowest BCUT2D eigenvalue weighted by atomic mass is 9.99. The number of ether oxygens (including phenoxy) is 3. The average Bonchev–Trinajstić information content (AvgIpc) is 2.59. The Balaban J connectivity index is 2.31. The fourth-order valence-electron chi connectivity index (χ4n) is 2.12. The van der Waals surface area contributed by atoms with Crippen LogP contribution in [0, 0.1) is 0 Å². The number of Topliss-reactive ketones (excluding diaryl/α,β-unsaturated/α-hetero) is 1. The lowest BCUT2D eigenvalue weighted by Gasteiger charge is -2.17. The molecular weight excluding hydrogens is 296 g/mol. The Labute approximate surface area is 134 Å². The van der Waals surface area contributed by atoms with Crippen LogP contribution >= 0.6 is 0 Å². The maximum absolute atomic E-state index is 12.7. The van der Waals surface area contributed by atoms with Crippen molar-refractivity contribution in [3.63, 3.8) is 0 Å². The maximum Gasteiger partial charge on any atom is 0.303 e. The SMILES string of the molecule is COc1ccc(C(=O)[C@@H](OC(C)=O)c2ccc(OC)cc2)cc1. The number of benzene rings is 2. The van der Waals surface area contributed by atoms with Gasteiger partial charge in [0.15, 0.2) is 6.10 Å². The van der Waals surface area contributed by atoms with Crippen LogP contribution in [0.25, 0.3) is 0 Å². The van der Waals surface area contributed by atoms with Gasteiger partial charge >= 0.3 is 5.97 Å². The van der Waals surface area contributed by atoms with Crippen molar-refractivity contribution in [2.45, 2.75) is 13.0 Å². The third kappa shape index (κ3) is 4.10. The van der Waals surface area contributed by atoms with E-state index in [1.807, 2.05) is 0 Å². The molecule has 2 aromatic rings. The van der Waals surface area contributed by atoms with Gasteiger partial charge in [0.25, 0.3) is 0 Å². The van der Waals surface area contributed by atoms with Crippen molar-refractivity contribution in [1.82, 2.24) is 0 Å². The molecule has 0 heterocycles. The minimum Gasteiger partial charge on any atom is -0.497 e. The monoisotopic (exact) mass is 314 g/mol. The fourth-order valence-corrected chi connectivity index (χ4v) is 2.12. The number of carbonyl (C=O) groups is 2. The highest BCUT2D eigenvalue weighted by Gasteiger charge is 2.25. The Morgan fingerprint density at radius 3 is 1.74 bits per heavy atom. The Morgan fingerprint density at radius 2 is 1.30 bits per heavy atom. The molecule has 0 spiro atoms. The van der Waals surface area contributed by atoms with Crippen LogP contribution in [0.15, 0.2) is 48.5 Å². The van der Waals surface area contributed by atoms with E-state index in [4.69, 9.17) is 14.2 Å². The van der Waals surface area contributed by atoms with Gasteiger partial charge < -0.3 is 14.2 Å². The second-order valence-corrected chi connectivity index (χ2v) is 4.86. The first-order valence-corrected chi connectivity index (χ1v) is 7.04. The number of carbonyl (C=O) groups excluding carboxylic acids is 2. The number of methoxy groups -OCH3 is 2. The maximum atomic E-state index is 12.7. The first kappa shape index (κ1) is 16.5. The molecule has 0 bridgehead atoms. The standard InChI is InChI=1S/C18H18O5/c1-12(19)23-18(14-6-10-16(22-3)11-7-14)17(20)13-4-8-15(21-2)9-5-13/h4-11,18H,1-3H3/t18-/m0/s1. The number of esters is 1. The van der Waals surface area contributed by atoms with Crippen LogP contribution in [0.5, 0.6) is 11.5 Å². The summed E-state index contributed by atoms with van der Waals surface area (Å²) in [6.07, 6.45) is -0.994. The van der Waals surface area contributed by atoms with E-state index in [0.29, 0.717) is 22.6 Å². The second-order valence-electron chi connectivity index (χ2n) is 4.86. The largest absolute Gasteiger partial charge is 0.497 e. The van der Waals surface area contributed by atoms with Crippen LogP contribution in [0.2, 0.25) is 0 Å². The first-order chi connectivity index (χ1) is 11.0. The van der Waals surface area contributed by atoms with E-state index in [-0.39, 0.29) is 5.78 Å². The van der Waals surface area contributed by atoms with E-state index in [0.717, 1.165) is 0 Å². The van der Waals surface area contributed by atoms with Gasteiger partial charge in [-0.25, -0.2) is 0 Å². The molecule has 2 aromatic carbocycles. The van der Waals surface area contributed by atoms with E-state index in [1.165, 1.54) is 6.92 Å². The van der Waals surface area contributed by atoms with E-state index in [9.17, 15) is 9.59 Å². The molecule has 0 amide bonds. The normalized spacial score (nSPS) is 11.4. The smallest absolute Gasteiger partial charge is 0.303 e. The van der Waals surface area contributed by atoms with E-state index < -0.39 is 12.1 Å². The van der Waals surface area contributed by atoms with Crippen molar-refractivity contribution in [3.8, 4) is 11.5 Å². The number of hydrogen-bond donors (Lipinski definition) is 0. The lowest BCUT2D eigenvalue weighted by molar-refractivity contribution is -0.144. The highest BCUT2D eigenvalue weighted by Crippen LogP contribution is 2.25. The Bertz CT molecular complexity index is 674. The van der Waals surface area contributed by atoms with Crippen molar-refractivity contribution in [2.75, 3.05) is 14.2 Å². The number of ketones is 1. The van der Waals surface area contributed by atoms with Crippen molar-refractivity contribution in [1.29, 1.82) is 0 Å². The molecule has 2 rings (SSSR count). The van der Waals surface area contributed by atoms with Gasteiger partial charge in [0.1, 0.15) is 11.5 Å². The molecule has 0 saturated carbocycles. The third-order valence-corrected chi connectivity index (χ3v) is 3.32. The van der Waals surface area contributed by atoms with Crippen LogP contribution in [-0.2, 0) is 9.53 Å². The van der Waals surface area contributed by atoms with Crippen LogP contribution in [0.1, 0.15) is 28.9 Å². The average molecular weight is 314 g/mol. The van der Waals surface area contributed by atoms with Crippen molar-refractivity contribution in [3.05, 3.63) is 59.7 Å². The summed E-state index contributed by atoms with van der Waals surface area (Å²) in [5.74, 6) is 0.489. The summed E-state index contributed by atoms with van der Waals surface area (Å²) in [6.45, 7) is 1.28. The van der Waals surface area contributed by atoms with Crippen molar-refractivity contribution in [2.24, 2.45) is 0 Å². The molecular formula is C18H18O5. The van der Waals surface area contributed by atoms with Gasteiger partial charge in [-0.15, -0.1) is 0 Å². The zero-order valence-corrected chi connectivity index (χ0v) is 13.2. The predicted octanol–water partition coefficient (Wildman–Crippen LogP) is 3.19. The number of hydrogen-bond acceptors (Lipinski definition) is 5. The molecule has 23 heavy (non-hydrogen) atoms. The molecule has 0 unspecified atom stereocenters. The molecule has 1 atom stereocenters. The first-order valence-electron chi connectivity index (χ1n) is 7.04. The molecule has 0 aliphatic heterocycles. The summed E-state index contributed by atoms with van der Waals surface area (Å²) in [5, 5.41) is 0. The van der Waals surface area contributed by atoms with E-state index >= 15 is 0 Å². The third-order valence-electron chi connectivity index (χ3n) is 3.32. The topological polar surface area (TPSA) is 61.8 Å². The molecule has 0 N–H and O–H groups in total. The van der Waals surface area contributed by atoms with Crippen molar-refractivity contribution >= 4 is 11.8 Å². The molecule has 120 valence electrons. The zero-order chi connectivity index (χ0) is 16.8. The minimum atomic E-state index is -0.994. The molecule has 5 nitrogen and oxygen atoms in total. The molecule has 5 heteroatoms. The molecule has 0 fully saturated rings. The summed E-state index contributed by atoms with van der Waals surface area (Å²) >= 11 is 0. The molecule has 0 saturated heterocycles. The minimum absolute atomic E-state index is 0.298. The Morgan fingerprint density at radius 1 is 0.826 bits per heavy atom. The van der Waals surface area contributed by atoms with Gasteiger partial charge in [-0.3, -0.25) is 9.59 Å². The van der Waals surface area contributed by atoms with Gasteiger partial charge in [-0.05, 0) is 36.4 Å². The summed E-state index contributed by atoms with van der Waals surface area (Å²) in [5.41, 5.74) is 1.02. The van der Waals surface area contributed by atoms with Gasteiger partial charge in [-0.1, -0.05) is 12.1 Å². The van der Waals surface area contributed by atoms with Gasteiger partial charge in [0, 0.05) is 18.1 Å². The van der Waals surface area contributed by atoms with E-state index in [2.05, 4.69) is 0 Å². The highest BCUT2D eigenvalue weighted by molar-refractivity contribution is 6.01. The predicted molar refractivity (Wildman–Crippen MR) is 84.8 cm³/mol. The Hall–Kier alpha value is -2.82. The molecule has 0 aliphatic carbocycles. The summed E-state index contributed by atoms with van der Waals surface area (Å²) < 4.78 is 15.4. The van der Waals surface area contributed by atoms with Crippen molar-refractivity contribution < 1.29 is 23.8 Å². The fraction of sp³-hybridized carbons (Fsp3) is 0.222. The van der Waals surface area contributed by atoms with Crippen LogP contribution in [-0.4, -0.2) is 26.0 Å². The quantitative estimate of drug-likeness (QED) is 0.605.